The van der Waals surface area contributed by atoms with Gasteiger partial charge in [-0.25, -0.2) is 0 Å². The third-order valence-electron chi connectivity index (χ3n) is 7.86. The highest BCUT2D eigenvalue weighted by Crippen LogP contribution is 2.24. The molecule has 0 radical (unpaired) electrons. The van der Waals surface area contributed by atoms with Crippen LogP contribution in [0.15, 0.2) is 78.9 Å². The number of rotatable bonds is 10. The second kappa shape index (κ2) is 13.1. The van der Waals surface area contributed by atoms with Crippen molar-refractivity contribution < 1.29 is 9.59 Å². The van der Waals surface area contributed by atoms with E-state index < -0.39 is 6.04 Å². The van der Waals surface area contributed by atoms with Gasteiger partial charge >= 0.3 is 0 Å². The Morgan fingerprint density at radius 3 is 2.18 bits per heavy atom. The SMILES string of the molecule is Cc1cccc(CN(C(=O)CCc2ccc(C(C)(C)C)cc2)[C@@H](Cc2ccccc2)C(=O)NC2CCCC2)c1. The fourth-order valence-corrected chi connectivity index (χ4v) is 5.49. The molecule has 4 heteroatoms. The van der Waals surface area contributed by atoms with Crippen molar-refractivity contribution in [1.29, 1.82) is 0 Å². The molecule has 0 saturated heterocycles. The molecule has 1 atom stereocenters. The van der Waals surface area contributed by atoms with Gasteiger partial charge in [0.1, 0.15) is 6.04 Å². The van der Waals surface area contributed by atoms with Crippen LogP contribution < -0.4 is 5.32 Å². The molecule has 3 aromatic carbocycles. The molecule has 1 fully saturated rings. The minimum Gasteiger partial charge on any atom is -0.352 e. The highest BCUT2D eigenvalue weighted by molar-refractivity contribution is 5.88. The van der Waals surface area contributed by atoms with Gasteiger partial charge in [0.15, 0.2) is 0 Å². The summed E-state index contributed by atoms with van der Waals surface area (Å²) in [4.78, 5) is 29.6. The number of benzene rings is 3. The topological polar surface area (TPSA) is 49.4 Å². The number of carbonyl (C=O) groups is 2. The smallest absolute Gasteiger partial charge is 0.243 e. The predicted molar refractivity (Wildman–Crippen MR) is 160 cm³/mol. The molecule has 3 aromatic rings. The zero-order chi connectivity index (χ0) is 27.8. The molecular formula is C35H44N2O2. The summed E-state index contributed by atoms with van der Waals surface area (Å²) in [6, 6.07) is 26.5. The molecule has 0 bridgehead atoms. The van der Waals surface area contributed by atoms with Crippen molar-refractivity contribution in [3.8, 4) is 0 Å². The van der Waals surface area contributed by atoms with Crippen LogP contribution in [0.1, 0.15) is 80.7 Å². The molecular weight excluding hydrogens is 480 g/mol. The summed E-state index contributed by atoms with van der Waals surface area (Å²) in [6.45, 7) is 9.10. The standard InChI is InChI=1S/C35H44N2O2/c1-26-11-10-14-29(23-26)25-37(33(38)22-19-27-17-20-30(21-18-27)35(2,3)4)32(24-28-12-6-5-7-13-28)34(39)36-31-15-8-9-16-31/h5-7,10-14,17-18,20-21,23,31-32H,8-9,15-16,19,22,24-25H2,1-4H3,(H,36,39)/t32-/m0/s1. The van der Waals surface area contributed by atoms with Crippen molar-refractivity contribution in [3.63, 3.8) is 0 Å². The minimum absolute atomic E-state index is 0.0129. The fourth-order valence-electron chi connectivity index (χ4n) is 5.49. The average molecular weight is 525 g/mol. The van der Waals surface area contributed by atoms with Crippen LogP contribution in [0.2, 0.25) is 0 Å². The van der Waals surface area contributed by atoms with E-state index in [1.165, 1.54) is 5.56 Å². The van der Waals surface area contributed by atoms with Crippen molar-refractivity contribution in [2.45, 2.75) is 96.7 Å². The number of nitrogens with one attached hydrogen (secondary N) is 1. The van der Waals surface area contributed by atoms with E-state index in [0.29, 0.717) is 25.8 Å². The maximum absolute atomic E-state index is 14.0. The summed E-state index contributed by atoms with van der Waals surface area (Å²) in [5.41, 5.74) is 5.77. The number of nitrogens with zero attached hydrogens (tertiary/aromatic N) is 1. The third kappa shape index (κ3) is 8.29. The van der Waals surface area contributed by atoms with Crippen LogP contribution in [0.4, 0.5) is 0 Å². The highest BCUT2D eigenvalue weighted by Gasteiger charge is 2.32. The Morgan fingerprint density at radius 1 is 0.872 bits per heavy atom. The Labute approximate surface area is 234 Å². The van der Waals surface area contributed by atoms with Gasteiger partial charge in [-0.3, -0.25) is 9.59 Å². The largest absolute Gasteiger partial charge is 0.352 e. The van der Waals surface area contributed by atoms with E-state index >= 15 is 0 Å². The van der Waals surface area contributed by atoms with Crippen molar-refractivity contribution >= 4 is 11.8 Å². The van der Waals surface area contributed by atoms with Gasteiger partial charge < -0.3 is 10.2 Å². The van der Waals surface area contributed by atoms with Crippen LogP contribution >= 0.6 is 0 Å². The summed E-state index contributed by atoms with van der Waals surface area (Å²) >= 11 is 0. The normalized spacial score (nSPS) is 14.7. The first-order chi connectivity index (χ1) is 18.7. The average Bonchev–Trinajstić information content (AvgIpc) is 3.42. The molecule has 39 heavy (non-hydrogen) atoms. The molecule has 0 spiro atoms. The lowest BCUT2D eigenvalue weighted by Crippen LogP contribution is -2.52. The molecule has 4 nitrogen and oxygen atoms in total. The molecule has 0 aromatic heterocycles. The monoisotopic (exact) mass is 524 g/mol. The van der Waals surface area contributed by atoms with E-state index in [4.69, 9.17) is 0 Å². The quantitative estimate of drug-likeness (QED) is 0.313. The number of amides is 2. The van der Waals surface area contributed by atoms with Crippen LogP contribution in [0.3, 0.4) is 0 Å². The van der Waals surface area contributed by atoms with Gasteiger partial charge in [-0.1, -0.05) is 118 Å². The van der Waals surface area contributed by atoms with E-state index in [1.54, 1.807) is 0 Å². The van der Waals surface area contributed by atoms with Crippen molar-refractivity contribution in [2.75, 3.05) is 0 Å². The Bertz CT molecular complexity index is 1220. The number of carbonyl (C=O) groups excluding carboxylic acids is 2. The van der Waals surface area contributed by atoms with Crippen LogP contribution in [-0.2, 0) is 34.4 Å². The summed E-state index contributed by atoms with van der Waals surface area (Å²) in [5, 5.41) is 3.29. The lowest BCUT2D eigenvalue weighted by atomic mass is 9.86. The summed E-state index contributed by atoms with van der Waals surface area (Å²) in [6.07, 6.45) is 5.83. The molecule has 206 valence electrons. The van der Waals surface area contributed by atoms with Gasteiger partial charge in [-0.05, 0) is 53.9 Å². The number of hydrogen-bond acceptors (Lipinski definition) is 2. The second-order valence-electron chi connectivity index (χ2n) is 12.2. The predicted octanol–water partition coefficient (Wildman–Crippen LogP) is 6.92. The van der Waals surface area contributed by atoms with E-state index in [2.05, 4.69) is 69.4 Å². The summed E-state index contributed by atoms with van der Waals surface area (Å²) in [7, 11) is 0. The van der Waals surface area contributed by atoms with Gasteiger partial charge in [0.2, 0.25) is 11.8 Å². The molecule has 0 unspecified atom stereocenters. The first-order valence-electron chi connectivity index (χ1n) is 14.5. The van der Waals surface area contributed by atoms with E-state index in [0.717, 1.165) is 47.9 Å². The Morgan fingerprint density at radius 2 is 1.54 bits per heavy atom. The maximum atomic E-state index is 14.0. The van der Waals surface area contributed by atoms with Gasteiger partial charge in [0, 0.05) is 25.4 Å². The lowest BCUT2D eigenvalue weighted by Gasteiger charge is -2.32. The highest BCUT2D eigenvalue weighted by atomic mass is 16.2. The van der Waals surface area contributed by atoms with Crippen LogP contribution in [0, 0.1) is 6.92 Å². The Balaban J connectivity index is 1.58. The zero-order valence-electron chi connectivity index (χ0n) is 24.1. The second-order valence-corrected chi connectivity index (χ2v) is 12.2. The first-order valence-corrected chi connectivity index (χ1v) is 14.5. The van der Waals surface area contributed by atoms with Crippen LogP contribution in [0.5, 0.6) is 0 Å². The lowest BCUT2D eigenvalue weighted by molar-refractivity contribution is -0.141. The van der Waals surface area contributed by atoms with Crippen molar-refractivity contribution in [3.05, 3.63) is 107 Å². The fraction of sp³-hybridized carbons (Fsp3) is 0.429. The van der Waals surface area contributed by atoms with E-state index in [1.807, 2.05) is 47.4 Å². The summed E-state index contributed by atoms with van der Waals surface area (Å²) < 4.78 is 0. The molecule has 1 aliphatic carbocycles. The minimum atomic E-state index is -0.565. The third-order valence-corrected chi connectivity index (χ3v) is 7.86. The maximum Gasteiger partial charge on any atom is 0.243 e. The van der Waals surface area contributed by atoms with Gasteiger partial charge in [0.25, 0.3) is 0 Å². The Hall–Kier alpha value is -3.40. The number of aryl methyl sites for hydroxylation is 2. The molecule has 0 aliphatic heterocycles. The molecule has 2 amide bonds. The zero-order valence-corrected chi connectivity index (χ0v) is 24.1. The molecule has 1 N–H and O–H groups in total. The van der Waals surface area contributed by atoms with Crippen molar-refractivity contribution in [1.82, 2.24) is 10.2 Å². The Kier molecular flexibility index (Phi) is 9.61. The molecule has 1 aliphatic rings. The molecule has 4 rings (SSSR count). The van der Waals surface area contributed by atoms with E-state index in [-0.39, 0.29) is 23.3 Å². The molecule has 0 heterocycles. The van der Waals surface area contributed by atoms with E-state index in [9.17, 15) is 9.59 Å². The molecule has 1 saturated carbocycles. The van der Waals surface area contributed by atoms with Gasteiger partial charge in [0.05, 0.1) is 0 Å². The van der Waals surface area contributed by atoms with Crippen molar-refractivity contribution in [2.24, 2.45) is 0 Å². The number of hydrogen-bond donors (Lipinski definition) is 1. The summed E-state index contributed by atoms with van der Waals surface area (Å²) in [5.74, 6) is -0.0276. The van der Waals surface area contributed by atoms with Crippen LogP contribution in [0.25, 0.3) is 0 Å². The van der Waals surface area contributed by atoms with Gasteiger partial charge in [-0.15, -0.1) is 0 Å². The van der Waals surface area contributed by atoms with Crippen LogP contribution in [-0.4, -0.2) is 28.8 Å². The first kappa shape index (κ1) is 28.6. The van der Waals surface area contributed by atoms with Gasteiger partial charge in [-0.2, -0.15) is 0 Å².